The third kappa shape index (κ3) is 5.77. The van der Waals surface area contributed by atoms with E-state index in [0.29, 0.717) is 25.8 Å². The SMILES string of the molecule is O=C1CC(SC(=O)CCCNC(=O)OCc2ccccc2)N1. The Labute approximate surface area is 133 Å². The minimum absolute atomic E-state index is 0.0180. The molecule has 1 saturated heterocycles. The van der Waals surface area contributed by atoms with Gasteiger partial charge in [-0.05, 0) is 12.0 Å². The van der Waals surface area contributed by atoms with Crippen LogP contribution in [0.2, 0.25) is 0 Å². The molecule has 1 aromatic rings. The second-order valence-electron chi connectivity index (χ2n) is 4.84. The van der Waals surface area contributed by atoms with E-state index >= 15 is 0 Å². The summed E-state index contributed by atoms with van der Waals surface area (Å²) in [6, 6.07) is 9.41. The predicted octanol–water partition coefficient (Wildman–Crippen LogP) is 1.80. The molecule has 0 aliphatic carbocycles. The minimum atomic E-state index is -0.491. The first-order valence-corrected chi connectivity index (χ1v) is 7.95. The molecule has 1 atom stereocenters. The van der Waals surface area contributed by atoms with Gasteiger partial charge in [-0.1, -0.05) is 42.1 Å². The highest BCUT2D eigenvalue weighted by Gasteiger charge is 2.27. The first-order valence-electron chi connectivity index (χ1n) is 7.07. The molecular formula is C15H18N2O4S. The van der Waals surface area contributed by atoms with Crippen molar-refractivity contribution in [2.45, 2.75) is 31.2 Å². The van der Waals surface area contributed by atoms with Gasteiger partial charge in [-0.2, -0.15) is 0 Å². The van der Waals surface area contributed by atoms with E-state index in [2.05, 4.69) is 10.6 Å². The van der Waals surface area contributed by atoms with Gasteiger partial charge in [0.25, 0.3) is 0 Å². The van der Waals surface area contributed by atoms with Crippen molar-refractivity contribution in [1.82, 2.24) is 10.6 Å². The minimum Gasteiger partial charge on any atom is -0.445 e. The molecule has 6 nitrogen and oxygen atoms in total. The number of thioether (sulfide) groups is 1. The van der Waals surface area contributed by atoms with Gasteiger partial charge in [-0.15, -0.1) is 0 Å². The number of ether oxygens (including phenoxy) is 1. The number of amides is 2. The van der Waals surface area contributed by atoms with Gasteiger partial charge in [-0.3, -0.25) is 9.59 Å². The van der Waals surface area contributed by atoms with Crippen molar-refractivity contribution in [1.29, 1.82) is 0 Å². The van der Waals surface area contributed by atoms with Crippen LogP contribution in [0.5, 0.6) is 0 Å². The summed E-state index contributed by atoms with van der Waals surface area (Å²) < 4.78 is 5.05. The number of rotatable bonds is 7. The average Bonchev–Trinajstić information content (AvgIpc) is 2.49. The molecule has 118 valence electrons. The maximum absolute atomic E-state index is 11.6. The zero-order valence-electron chi connectivity index (χ0n) is 12.0. The molecule has 2 rings (SSSR count). The highest BCUT2D eigenvalue weighted by Crippen LogP contribution is 2.21. The summed E-state index contributed by atoms with van der Waals surface area (Å²) in [5.41, 5.74) is 0.923. The Bertz CT molecular complexity index is 528. The van der Waals surface area contributed by atoms with E-state index in [1.807, 2.05) is 30.3 Å². The first kappa shape index (κ1) is 16.4. The Morgan fingerprint density at radius 3 is 2.73 bits per heavy atom. The van der Waals surface area contributed by atoms with Crippen LogP contribution in [-0.4, -0.2) is 29.0 Å². The topological polar surface area (TPSA) is 84.5 Å². The van der Waals surface area contributed by atoms with Crippen molar-refractivity contribution in [3.05, 3.63) is 35.9 Å². The third-order valence-corrected chi connectivity index (χ3v) is 4.04. The van der Waals surface area contributed by atoms with E-state index in [0.717, 1.165) is 17.3 Å². The molecule has 1 fully saturated rings. The molecule has 1 aromatic carbocycles. The van der Waals surface area contributed by atoms with E-state index in [9.17, 15) is 14.4 Å². The van der Waals surface area contributed by atoms with Gasteiger partial charge in [0.05, 0.1) is 11.8 Å². The van der Waals surface area contributed by atoms with Crippen molar-refractivity contribution in [2.24, 2.45) is 0 Å². The lowest BCUT2D eigenvalue weighted by Crippen LogP contribution is -2.46. The number of β-lactam (4-membered cyclic amide) rings is 1. The Morgan fingerprint density at radius 2 is 2.05 bits per heavy atom. The molecule has 1 aliphatic heterocycles. The van der Waals surface area contributed by atoms with Gasteiger partial charge in [0.2, 0.25) is 5.91 Å². The number of alkyl carbamates (subject to hydrolysis) is 1. The van der Waals surface area contributed by atoms with Crippen molar-refractivity contribution in [2.75, 3.05) is 6.54 Å². The fourth-order valence-electron chi connectivity index (χ4n) is 1.81. The maximum atomic E-state index is 11.6. The van der Waals surface area contributed by atoms with Crippen molar-refractivity contribution in [3.63, 3.8) is 0 Å². The number of nitrogens with one attached hydrogen (secondary N) is 2. The largest absolute Gasteiger partial charge is 0.445 e. The maximum Gasteiger partial charge on any atom is 0.407 e. The van der Waals surface area contributed by atoms with Crippen molar-refractivity contribution in [3.8, 4) is 0 Å². The number of carbonyl (C=O) groups excluding carboxylic acids is 3. The van der Waals surface area contributed by atoms with Crippen molar-refractivity contribution < 1.29 is 19.1 Å². The average molecular weight is 322 g/mol. The van der Waals surface area contributed by atoms with Crippen LogP contribution in [0.1, 0.15) is 24.8 Å². The van der Waals surface area contributed by atoms with Gasteiger partial charge in [0, 0.05) is 13.0 Å². The fourth-order valence-corrected chi connectivity index (χ4v) is 2.82. The van der Waals surface area contributed by atoms with Gasteiger partial charge in [0.15, 0.2) is 5.12 Å². The molecule has 0 radical (unpaired) electrons. The van der Waals surface area contributed by atoms with Crippen molar-refractivity contribution >= 4 is 28.9 Å². The normalized spacial score (nSPS) is 16.4. The number of carbonyl (C=O) groups is 3. The lowest BCUT2D eigenvalue weighted by atomic mass is 10.2. The molecule has 0 aromatic heterocycles. The van der Waals surface area contributed by atoms with E-state index in [1.165, 1.54) is 0 Å². The summed E-state index contributed by atoms with van der Waals surface area (Å²) in [5, 5.41) is 5.17. The van der Waals surface area contributed by atoms with Crippen LogP contribution in [0.25, 0.3) is 0 Å². The van der Waals surface area contributed by atoms with E-state index in [1.54, 1.807) is 0 Å². The number of benzene rings is 1. The van der Waals surface area contributed by atoms with E-state index in [-0.39, 0.29) is 23.0 Å². The summed E-state index contributed by atoms with van der Waals surface area (Å²) in [6.07, 6.45) is 0.818. The summed E-state index contributed by atoms with van der Waals surface area (Å²) in [5.74, 6) is -0.0203. The standard InChI is InChI=1S/C15H18N2O4S/c18-12-9-13(17-12)22-14(19)7-4-8-16-15(20)21-10-11-5-2-1-3-6-11/h1-3,5-6,13H,4,7-10H2,(H,16,20)(H,17,18). The molecule has 0 bridgehead atoms. The highest BCUT2D eigenvalue weighted by atomic mass is 32.2. The second-order valence-corrected chi connectivity index (χ2v) is 6.10. The van der Waals surface area contributed by atoms with Crippen LogP contribution in [0.4, 0.5) is 4.79 Å². The Hall–Kier alpha value is -2.02. The molecule has 0 saturated carbocycles. The second kappa shape index (κ2) is 8.43. The Kier molecular flexibility index (Phi) is 6.27. The van der Waals surface area contributed by atoms with Crippen LogP contribution in [0, 0.1) is 0 Å². The number of hydrogen-bond donors (Lipinski definition) is 2. The van der Waals surface area contributed by atoms with E-state index < -0.39 is 6.09 Å². The predicted molar refractivity (Wildman–Crippen MR) is 83.0 cm³/mol. The van der Waals surface area contributed by atoms with E-state index in [4.69, 9.17) is 4.74 Å². The molecule has 2 N–H and O–H groups in total. The van der Waals surface area contributed by atoms with Crippen LogP contribution in [0.3, 0.4) is 0 Å². The quantitative estimate of drug-likeness (QED) is 0.591. The molecule has 1 unspecified atom stereocenters. The van der Waals surface area contributed by atoms with Crippen LogP contribution < -0.4 is 10.6 Å². The molecule has 22 heavy (non-hydrogen) atoms. The monoisotopic (exact) mass is 322 g/mol. The molecular weight excluding hydrogens is 304 g/mol. The third-order valence-electron chi connectivity index (χ3n) is 3.01. The molecule has 1 heterocycles. The van der Waals surface area contributed by atoms with Crippen LogP contribution >= 0.6 is 11.8 Å². The highest BCUT2D eigenvalue weighted by molar-refractivity contribution is 8.14. The lowest BCUT2D eigenvalue weighted by Gasteiger charge is -2.25. The first-order chi connectivity index (χ1) is 10.6. The van der Waals surface area contributed by atoms with Gasteiger partial charge in [-0.25, -0.2) is 4.79 Å². The molecule has 0 spiro atoms. The summed E-state index contributed by atoms with van der Waals surface area (Å²) in [7, 11) is 0. The van der Waals surface area contributed by atoms with Gasteiger partial charge < -0.3 is 15.4 Å². The Morgan fingerprint density at radius 1 is 1.32 bits per heavy atom. The Balaban J connectivity index is 1.50. The molecule has 2 amide bonds. The van der Waals surface area contributed by atoms with Crippen LogP contribution in [-0.2, 0) is 20.9 Å². The zero-order valence-corrected chi connectivity index (χ0v) is 12.9. The molecule has 1 aliphatic rings. The van der Waals surface area contributed by atoms with Crippen LogP contribution in [0.15, 0.2) is 30.3 Å². The summed E-state index contributed by atoms with van der Waals surface area (Å²) >= 11 is 1.14. The summed E-state index contributed by atoms with van der Waals surface area (Å²) in [4.78, 5) is 33.7. The zero-order chi connectivity index (χ0) is 15.8. The van der Waals surface area contributed by atoms with Gasteiger partial charge >= 0.3 is 6.09 Å². The van der Waals surface area contributed by atoms with Gasteiger partial charge in [0.1, 0.15) is 6.61 Å². The lowest BCUT2D eigenvalue weighted by molar-refractivity contribution is -0.126. The molecule has 7 heteroatoms. The smallest absolute Gasteiger partial charge is 0.407 e. The fraction of sp³-hybridized carbons (Fsp3) is 0.400. The summed E-state index contributed by atoms with van der Waals surface area (Å²) in [6.45, 7) is 0.611. The number of hydrogen-bond acceptors (Lipinski definition) is 5.